The number of likely N-dealkylation sites (tertiary alicyclic amines) is 1. The Bertz CT molecular complexity index is 386. The first-order chi connectivity index (χ1) is 9.97. The smallest absolute Gasteiger partial charge is 0.325 e. The van der Waals surface area contributed by atoms with Gasteiger partial charge >= 0.3 is 18.0 Å². The van der Waals surface area contributed by atoms with Crippen LogP contribution in [-0.4, -0.2) is 65.7 Å². The van der Waals surface area contributed by atoms with E-state index in [1.807, 2.05) is 6.92 Å². The number of rotatable bonds is 7. The average molecular weight is 300 g/mol. The van der Waals surface area contributed by atoms with Crippen molar-refractivity contribution < 1.29 is 24.2 Å². The molecule has 0 bridgehead atoms. The van der Waals surface area contributed by atoms with Crippen molar-refractivity contribution in [2.75, 3.05) is 32.8 Å². The summed E-state index contributed by atoms with van der Waals surface area (Å²) in [6, 6.07) is -0.210. The molecule has 7 heteroatoms. The largest absolute Gasteiger partial charge is 0.481 e. The molecule has 1 rings (SSSR count). The van der Waals surface area contributed by atoms with Crippen molar-refractivity contribution in [3.63, 3.8) is 0 Å². The quantitative estimate of drug-likeness (QED) is 0.713. The highest BCUT2D eigenvalue weighted by molar-refractivity contribution is 5.81. The van der Waals surface area contributed by atoms with Crippen LogP contribution >= 0.6 is 0 Å². The lowest BCUT2D eigenvalue weighted by Gasteiger charge is -2.27. The molecule has 0 aromatic heterocycles. The number of ether oxygens (including phenoxy) is 1. The third-order valence-corrected chi connectivity index (χ3v) is 3.41. The van der Waals surface area contributed by atoms with Crippen molar-refractivity contribution in [2.45, 2.75) is 33.1 Å². The summed E-state index contributed by atoms with van der Waals surface area (Å²) < 4.78 is 4.88. The minimum Gasteiger partial charge on any atom is -0.481 e. The fraction of sp³-hybridized carbons (Fsp3) is 0.786. The Balaban J connectivity index is 2.56. The zero-order valence-electron chi connectivity index (χ0n) is 12.7. The third kappa shape index (κ3) is 5.61. The molecule has 1 N–H and O–H groups in total. The van der Waals surface area contributed by atoms with Crippen molar-refractivity contribution >= 4 is 18.0 Å². The number of nitrogens with zero attached hydrogens (tertiary/aromatic N) is 2. The van der Waals surface area contributed by atoms with Gasteiger partial charge in [0.15, 0.2) is 0 Å². The lowest BCUT2D eigenvalue weighted by Crippen LogP contribution is -2.45. The molecule has 0 aromatic carbocycles. The van der Waals surface area contributed by atoms with Crippen molar-refractivity contribution in [3.8, 4) is 0 Å². The van der Waals surface area contributed by atoms with E-state index in [2.05, 4.69) is 0 Å². The van der Waals surface area contributed by atoms with E-state index in [0.717, 1.165) is 6.42 Å². The van der Waals surface area contributed by atoms with E-state index in [1.54, 1.807) is 11.8 Å². The van der Waals surface area contributed by atoms with Crippen LogP contribution in [0.4, 0.5) is 4.79 Å². The normalized spacial score (nSPS) is 17.6. The number of esters is 1. The van der Waals surface area contributed by atoms with Gasteiger partial charge in [-0.15, -0.1) is 0 Å². The SMILES string of the molecule is CCCN(CC(=O)OCC)C(=O)N1CCC(CC(=O)O)C1. The molecule has 1 unspecified atom stereocenters. The number of carboxylic acids is 1. The van der Waals surface area contributed by atoms with Gasteiger partial charge in [0, 0.05) is 26.1 Å². The van der Waals surface area contributed by atoms with Gasteiger partial charge in [-0.25, -0.2) is 4.79 Å². The molecule has 1 fully saturated rings. The molecule has 0 radical (unpaired) electrons. The first kappa shape index (κ1) is 17.3. The molecule has 1 aliphatic heterocycles. The molecule has 1 heterocycles. The van der Waals surface area contributed by atoms with Gasteiger partial charge < -0.3 is 19.6 Å². The van der Waals surface area contributed by atoms with E-state index >= 15 is 0 Å². The van der Waals surface area contributed by atoms with Crippen LogP contribution in [0.3, 0.4) is 0 Å². The predicted molar refractivity (Wildman–Crippen MR) is 75.8 cm³/mol. The highest BCUT2D eigenvalue weighted by Crippen LogP contribution is 2.20. The number of amides is 2. The lowest BCUT2D eigenvalue weighted by molar-refractivity contribution is -0.143. The predicted octanol–water partition coefficient (Wildman–Crippen LogP) is 1.18. The van der Waals surface area contributed by atoms with E-state index in [0.29, 0.717) is 26.1 Å². The summed E-state index contributed by atoms with van der Waals surface area (Å²) in [4.78, 5) is 37.8. The lowest BCUT2D eigenvalue weighted by atomic mass is 10.1. The van der Waals surface area contributed by atoms with Crippen LogP contribution in [0.15, 0.2) is 0 Å². The fourth-order valence-corrected chi connectivity index (χ4v) is 2.49. The molecule has 0 saturated carbocycles. The highest BCUT2D eigenvalue weighted by atomic mass is 16.5. The van der Waals surface area contributed by atoms with Crippen molar-refractivity contribution in [1.29, 1.82) is 0 Å². The molecule has 21 heavy (non-hydrogen) atoms. The first-order valence-corrected chi connectivity index (χ1v) is 7.39. The average Bonchev–Trinajstić information content (AvgIpc) is 2.85. The second-order valence-electron chi connectivity index (χ2n) is 5.21. The number of hydrogen-bond donors (Lipinski definition) is 1. The van der Waals surface area contributed by atoms with Crippen LogP contribution in [0.25, 0.3) is 0 Å². The van der Waals surface area contributed by atoms with Crippen LogP contribution < -0.4 is 0 Å². The molecular formula is C14H24N2O5. The molecule has 1 saturated heterocycles. The van der Waals surface area contributed by atoms with Gasteiger partial charge in [-0.2, -0.15) is 0 Å². The van der Waals surface area contributed by atoms with Gasteiger partial charge in [0.1, 0.15) is 6.54 Å². The summed E-state index contributed by atoms with van der Waals surface area (Å²) in [7, 11) is 0. The number of urea groups is 1. The van der Waals surface area contributed by atoms with Crippen molar-refractivity contribution in [2.24, 2.45) is 5.92 Å². The number of carboxylic acid groups (broad SMARTS) is 1. The third-order valence-electron chi connectivity index (χ3n) is 3.41. The second-order valence-corrected chi connectivity index (χ2v) is 5.21. The van der Waals surface area contributed by atoms with Crippen LogP contribution in [0.2, 0.25) is 0 Å². The van der Waals surface area contributed by atoms with Gasteiger partial charge in [-0.3, -0.25) is 9.59 Å². The highest BCUT2D eigenvalue weighted by Gasteiger charge is 2.31. The Morgan fingerprint density at radius 3 is 2.62 bits per heavy atom. The topological polar surface area (TPSA) is 87.2 Å². The summed E-state index contributed by atoms with van der Waals surface area (Å²) in [6.07, 6.45) is 1.52. The van der Waals surface area contributed by atoms with Crippen molar-refractivity contribution in [1.82, 2.24) is 9.80 Å². The summed E-state index contributed by atoms with van der Waals surface area (Å²) in [6.45, 7) is 5.35. The summed E-state index contributed by atoms with van der Waals surface area (Å²) >= 11 is 0. The van der Waals surface area contributed by atoms with E-state index < -0.39 is 11.9 Å². The number of carbonyl (C=O) groups is 3. The molecule has 0 aromatic rings. The van der Waals surface area contributed by atoms with Gasteiger partial charge in [0.05, 0.1) is 6.61 Å². The number of aliphatic carboxylic acids is 1. The molecule has 1 aliphatic rings. The Hall–Kier alpha value is -1.79. The Labute approximate surface area is 124 Å². The van der Waals surface area contributed by atoms with Gasteiger partial charge in [0.2, 0.25) is 0 Å². The monoisotopic (exact) mass is 300 g/mol. The number of carbonyl (C=O) groups excluding carboxylic acids is 2. The Kier molecular flexibility index (Phi) is 6.98. The van der Waals surface area contributed by atoms with E-state index in [-0.39, 0.29) is 31.5 Å². The van der Waals surface area contributed by atoms with Crippen LogP contribution in [0.5, 0.6) is 0 Å². The molecule has 0 aliphatic carbocycles. The molecule has 2 amide bonds. The number of hydrogen-bond acceptors (Lipinski definition) is 4. The van der Waals surface area contributed by atoms with Gasteiger partial charge in [-0.1, -0.05) is 6.92 Å². The van der Waals surface area contributed by atoms with Crippen LogP contribution in [0, 0.1) is 5.92 Å². The van der Waals surface area contributed by atoms with Crippen molar-refractivity contribution in [3.05, 3.63) is 0 Å². The molecule has 7 nitrogen and oxygen atoms in total. The fourth-order valence-electron chi connectivity index (χ4n) is 2.49. The molecule has 0 spiro atoms. The summed E-state index contributed by atoms with van der Waals surface area (Å²) in [5, 5.41) is 8.80. The van der Waals surface area contributed by atoms with Crippen LogP contribution in [-0.2, 0) is 14.3 Å². The summed E-state index contributed by atoms with van der Waals surface area (Å²) in [5.74, 6) is -1.26. The molecular weight excluding hydrogens is 276 g/mol. The summed E-state index contributed by atoms with van der Waals surface area (Å²) in [5.41, 5.74) is 0. The maximum Gasteiger partial charge on any atom is 0.325 e. The second kappa shape index (κ2) is 8.49. The zero-order valence-corrected chi connectivity index (χ0v) is 12.7. The zero-order chi connectivity index (χ0) is 15.8. The minimum absolute atomic E-state index is 0.00230. The minimum atomic E-state index is -0.841. The van der Waals surface area contributed by atoms with E-state index in [1.165, 1.54) is 4.90 Å². The van der Waals surface area contributed by atoms with Crippen LogP contribution in [0.1, 0.15) is 33.1 Å². The maximum absolute atomic E-state index is 12.4. The molecule has 1 atom stereocenters. The Morgan fingerprint density at radius 2 is 2.05 bits per heavy atom. The standard InChI is InChI=1S/C14H24N2O5/c1-3-6-15(10-13(19)21-4-2)14(20)16-7-5-11(9-16)8-12(17)18/h11H,3-10H2,1-2H3,(H,17,18). The van der Waals surface area contributed by atoms with Gasteiger partial charge in [0.25, 0.3) is 0 Å². The Morgan fingerprint density at radius 1 is 1.33 bits per heavy atom. The molecule has 120 valence electrons. The van der Waals surface area contributed by atoms with E-state index in [9.17, 15) is 14.4 Å². The first-order valence-electron chi connectivity index (χ1n) is 7.39. The van der Waals surface area contributed by atoms with Gasteiger partial charge in [-0.05, 0) is 25.7 Å². The maximum atomic E-state index is 12.4. The van der Waals surface area contributed by atoms with E-state index in [4.69, 9.17) is 9.84 Å².